The Morgan fingerprint density at radius 2 is 2.24 bits per heavy atom. The van der Waals surface area contributed by atoms with Gasteiger partial charge in [0.1, 0.15) is 4.47 Å². The lowest BCUT2D eigenvalue weighted by Gasteiger charge is -2.16. The number of likely N-dealkylation sites (N-methyl/N-ethyl adjacent to an activating group) is 1. The Bertz CT molecular complexity index is 637. The Labute approximate surface area is 131 Å². The molecule has 0 aromatic carbocycles. The van der Waals surface area contributed by atoms with Gasteiger partial charge in [0.25, 0.3) is 5.56 Å². The maximum Gasteiger partial charge on any atom is 0.283 e. The predicted octanol–water partition coefficient (Wildman–Crippen LogP) is 1.46. The molecule has 0 saturated heterocycles. The van der Waals surface area contributed by atoms with Crippen molar-refractivity contribution in [2.75, 3.05) is 26.0 Å². The van der Waals surface area contributed by atoms with Crippen LogP contribution in [0.4, 0.5) is 5.69 Å². The Balaban J connectivity index is 2.15. The van der Waals surface area contributed by atoms with E-state index in [9.17, 15) is 4.79 Å². The minimum atomic E-state index is -0.138. The van der Waals surface area contributed by atoms with E-state index in [4.69, 9.17) is 0 Å². The average molecular weight is 355 g/mol. The maximum absolute atomic E-state index is 12.2. The lowest BCUT2D eigenvalue weighted by Crippen LogP contribution is -2.29. The molecule has 2 rings (SSSR count). The SMILES string of the molecule is CC(Nc1cnn(CCN(C)C)c(=O)c1Br)c1cn[nH]c1. The first-order valence-electron chi connectivity index (χ1n) is 6.64. The van der Waals surface area contributed by atoms with Crippen molar-refractivity contribution in [1.82, 2.24) is 24.9 Å². The lowest BCUT2D eigenvalue weighted by molar-refractivity contribution is 0.367. The number of H-pyrrole nitrogens is 1. The zero-order valence-electron chi connectivity index (χ0n) is 12.3. The summed E-state index contributed by atoms with van der Waals surface area (Å²) in [5, 5.41) is 14.1. The molecule has 21 heavy (non-hydrogen) atoms. The van der Waals surface area contributed by atoms with Crippen LogP contribution >= 0.6 is 15.9 Å². The van der Waals surface area contributed by atoms with Crippen LogP contribution in [0.5, 0.6) is 0 Å². The van der Waals surface area contributed by atoms with Gasteiger partial charge in [0, 0.05) is 18.3 Å². The topological polar surface area (TPSA) is 78.8 Å². The molecule has 0 spiro atoms. The fourth-order valence-electron chi connectivity index (χ4n) is 1.83. The third kappa shape index (κ3) is 3.92. The van der Waals surface area contributed by atoms with Crippen molar-refractivity contribution in [2.45, 2.75) is 19.5 Å². The van der Waals surface area contributed by atoms with Crippen molar-refractivity contribution >= 4 is 21.6 Å². The molecule has 0 fully saturated rings. The summed E-state index contributed by atoms with van der Waals surface area (Å²) in [7, 11) is 3.92. The molecular weight excluding hydrogens is 336 g/mol. The fraction of sp³-hybridized carbons (Fsp3) is 0.462. The van der Waals surface area contributed by atoms with Crippen molar-refractivity contribution in [3.05, 3.63) is 39.0 Å². The highest BCUT2D eigenvalue weighted by Gasteiger charge is 2.12. The molecule has 0 aliphatic rings. The molecule has 8 heteroatoms. The first-order chi connectivity index (χ1) is 9.99. The van der Waals surface area contributed by atoms with Crippen molar-refractivity contribution in [3.8, 4) is 0 Å². The number of aromatic nitrogens is 4. The van der Waals surface area contributed by atoms with Gasteiger partial charge < -0.3 is 10.2 Å². The number of nitrogens with zero attached hydrogens (tertiary/aromatic N) is 4. The summed E-state index contributed by atoms with van der Waals surface area (Å²) in [5.41, 5.74) is 1.55. The second-order valence-electron chi connectivity index (χ2n) is 5.10. The predicted molar refractivity (Wildman–Crippen MR) is 85.4 cm³/mol. The molecule has 0 saturated carbocycles. The molecule has 7 nitrogen and oxygen atoms in total. The second kappa shape index (κ2) is 6.86. The van der Waals surface area contributed by atoms with Crippen LogP contribution in [0.2, 0.25) is 0 Å². The number of hydrogen-bond donors (Lipinski definition) is 2. The van der Waals surface area contributed by atoms with Crippen molar-refractivity contribution in [2.24, 2.45) is 0 Å². The van der Waals surface area contributed by atoms with Crippen LogP contribution in [0, 0.1) is 0 Å². The Kier molecular flexibility index (Phi) is 5.13. The molecule has 2 aromatic rings. The molecule has 114 valence electrons. The lowest BCUT2D eigenvalue weighted by atomic mass is 10.2. The van der Waals surface area contributed by atoms with Gasteiger partial charge in [0.15, 0.2) is 0 Å². The van der Waals surface area contributed by atoms with Crippen molar-refractivity contribution in [1.29, 1.82) is 0 Å². The zero-order valence-corrected chi connectivity index (χ0v) is 13.9. The molecule has 1 atom stereocenters. The summed E-state index contributed by atoms with van der Waals surface area (Å²) in [6.07, 6.45) is 5.23. The first-order valence-corrected chi connectivity index (χ1v) is 7.44. The Morgan fingerprint density at radius 3 is 2.86 bits per heavy atom. The Morgan fingerprint density at radius 1 is 1.48 bits per heavy atom. The molecule has 0 aliphatic heterocycles. The number of aromatic amines is 1. The minimum Gasteiger partial charge on any atom is -0.376 e. The molecule has 0 amide bonds. The standard InChI is InChI=1S/C13H19BrN6O/c1-9(10-6-15-16-7-10)18-11-8-17-20(5-4-19(2)3)13(21)12(11)14/h6-9,18H,4-5H2,1-3H3,(H,15,16). The van der Waals surface area contributed by atoms with Crippen LogP contribution in [0.1, 0.15) is 18.5 Å². The normalized spacial score (nSPS) is 12.6. The molecule has 2 N–H and O–H groups in total. The molecule has 2 heterocycles. The number of nitrogens with one attached hydrogen (secondary N) is 2. The molecule has 0 aliphatic carbocycles. The van der Waals surface area contributed by atoms with Gasteiger partial charge >= 0.3 is 0 Å². The van der Waals surface area contributed by atoms with Gasteiger partial charge in [-0.15, -0.1) is 0 Å². The summed E-state index contributed by atoms with van der Waals surface area (Å²) in [6.45, 7) is 3.31. The van der Waals surface area contributed by atoms with Crippen LogP contribution in [-0.2, 0) is 6.54 Å². The Hall–Kier alpha value is -1.67. The number of rotatable bonds is 6. The van der Waals surface area contributed by atoms with E-state index >= 15 is 0 Å². The van der Waals surface area contributed by atoms with Crippen molar-refractivity contribution < 1.29 is 0 Å². The van der Waals surface area contributed by atoms with Crippen LogP contribution < -0.4 is 10.9 Å². The summed E-state index contributed by atoms with van der Waals surface area (Å²) < 4.78 is 1.95. The maximum atomic E-state index is 12.2. The monoisotopic (exact) mass is 354 g/mol. The van der Waals surface area contributed by atoms with Crippen LogP contribution in [-0.4, -0.2) is 45.5 Å². The van der Waals surface area contributed by atoms with Gasteiger partial charge in [0.05, 0.1) is 30.7 Å². The summed E-state index contributed by atoms with van der Waals surface area (Å²) in [5.74, 6) is 0. The van der Waals surface area contributed by atoms with E-state index in [0.29, 0.717) is 16.7 Å². The molecule has 1 unspecified atom stereocenters. The zero-order chi connectivity index (χ0) is 15.4. The van der Waals surface area contributed by atoms with Crippen LogP contribution in [0.15, 0.2) is 27.9 Å². The van der Waals surface area contributed by atoms with Gasteiger partial charge in [-0.2, -0.15) is 10.2 Å². The van der Waals surface area contributed by atoms with E-state index in [1.165, 1.54) is 4.68 Å². The quantitative estimate of drug-likeness (QED) is 0.820. The highest BCUT2D eigenvalue weighted by Crippen LogP contribution is 2.22. The van der Waals surface area contributed by atoms with E-state index in [1.54, 1.807) is 12.4 Å². The molecule has 0 bridgehead atoms. The number of hydrogen-bond acceptors (Lipinski definition) is 5. The molecular formula is C13H19BrN6O. The first kappa shape index (κ1) is 15.7. The van der Waals surface area contributed by atoms with Crippen LogP contribution in [0.3, 0.4) is 0 Å². The molecule has 2 aromatic heterocycles. The number of halogens is 1. The van der Waals surface area contributed by atoms with Crippen molar-refractivity contribution in [3.63, 3.8) is 0 Å². The van der Waals surface area contributed by atoms with E-state index in [0.717, 1.165) is 12.1 Å². The molecule has 0 radical (unpaired) electrons. The van der Waals surface area contributed by atoms with E-state index in [-0.39, 0.29) is 11.6 Å². The fourth-order valence-corrected chi connectivity index (χ4v) is 2.26. The van der Waals surface area contributed by atoms with Gasteiger partial charge in [-0.1, -0.05) is 0 Å². The minimum absolute atomic E-state index is 0.0267. The van der Waals surface area contributed by atoms with E-state index < -0.39 is 0 Å². The average Bonchev–Trinajstić information content (AvgIpc) is 2.97. The van der Waals surface area contributed by atoms with Crippen LogP contribution in [0.25, 0.3) is 0 Å². The second-order valence-corrected chi connectivity index (χ2v) is 5.89. The summed E-state index contributed by atoms with van der Waals surface area (Å²) in [4.78, 5) is 14.3. The smallest absolute Gasteiger partial charge is 0.283 e. The number of anilines is 1. The highest BCUT2D eigenvalue weighted by atomic mass is 79.9. The van der Waals surface area contributed by atoms with Gasteiger partial charge in [-0.05, 0) is 36.9 Å². The van der Waals surface area contributed by atoms with Gasteiger partial charge in [0.2, 0.25) is 0 Å². The third-order valence-electron chi connectivity index (χ3n) is 3.14. The summed E-state index contributed by atoms with van der Waals surface area (Å²) in [6, 6.07) is 0.0267. The summed E-state index contributed by atoms with van der Waals surface area (Å²) >= 11 is 3.36. The van der Waals surface area contributed by atoms with E-state index in [1.807, 2.05) is 32.1 Å². The van der Waals surface area contributed by atoms with E-state index in [2.05, 4.69) is 36.5 Å². The van der Waals surface area contributed by atoms with Gasteiger partial charge in [-0.25, -0.2) is 4.68 Å². The highest BCUT2D eigenvalue weighted by molar-refractivity contribution is 9.10. The van der Waals surface area contributed by atoms with Gasteiger partial charge in [-0.3, -0.25) is 9.89 Å². The largest absolute Gasteiger partial charge is 0.376 e. The third-order valence-corrected chi connectivity index (χ3v) is 3.90.